The maximum Gasteiger partial charge on any atom is 0.425 e. The van der Waals surface area contributed by atoms with Crippen LogP contribution in [0.1, 0.15) is 30.0 Å². The van der Waals surface area contributed by atoms with E-state index in [0.29, 0.717) is 18.7 Å². The molecule has 1 saturated heterocycles. The van der Waals surface area contributed by atoms with Gasteiger partial charge < -0.3 is 10.0 Å². The molecule has 1 unspecified atom stereocenters. The van der Waals surface area contributed by atoms with Gasteiger partial charge in [0.25, 0.3) is 0 Å². The number of halogens is 3. The highest BCUT2D eigenvalue weighted by Gasteiger charge is 2.61. The lowest BCUT2D eigenvalue weighted by molar-refractivity contribution is -0.247. The second kappa shape index (κ2) is 7.23. The van der Waals surface area contributed by atoms with E-state index in [2.05, 4.69) is 11.7 Å². The maximum absolute atomic E-state index is 14.3. The molecule has 5 nitrogen and oxygen atoms in total. The van der Waals surface area contributed by atoms with E-state index in [4.69, 9.17) is 0 Å². The topological polar surface area (TPSA) is 58.4 Å². The number of amides is 1. The summed E-state index contributed by atoms with van der Waals surface area (Å²) < 4.78 is 44.6. The van der Waals surface area contributed by atoms with Crippen LogP contribution in [-0.4, -0.2) is 45.0 Å². The van der Waals surface area contributed by atoms with Crippen LogP contribution in [0.25, 0.3) is 11.1 Å². The molecule has 1 fully saturated rings. The number of benzene rings is 1. The highest BCUT2D eigenvalue weighted by molar-refractivity contribution is 6.10. The summed E-state index contributed by atoms with van der Waals surface area (Å²) in [5.74, 6) is -0.342. The van der Waals surface area contributed by atoms with E-state index in [9.17, 15) is 23.1 Å². The number of hydrogen-bond donors (Lipinski definition) is 1. The monoisotopic (exact) mass is 429 g/mol. The van der Waals surface area contributed by atoms with Crippen LogP contribution in [0.4, 0.5) is 13.2 Å². The molecule has 4 rings (SSSR count). The van der Waals surface area contributed by atoms with Gasteiger partial charge in [0.2, 0.25) is 11.5 Å². The Morgan fingerprint density at radius 2 is 1.97 bits per heavy atom. The smallest absolute Gasteiger partial charge is 0.372 e. The van der Waals surface area contributed by atoms with Crippen LogP contribution in [0.2, 0.25) is 0 Å². The molecule has 0 saturated carbocycles. The predicted octanol–water partition coefficient (Wildman–Crippen LogP) is 3.83. The molecular weight excluding hydrogens is 407 g/mol. The molecule has 0 spiro atoms. The first-order valence-corrected chi connectivity index (χ1v) is 9.85. The highest BCUT2D eigenvalue weighted by Crippen LogP contribution is 2.56. The Morgan fingerprint density at radius 3 is 2.52 bits per heavy atom. The van der Waals surface area contributed by atoms with E-state index >= 15 is 0 Å². The summed E-state index contributed by atoms with van der Waals surface area (Å²) in [4.78, 5) is 14.2. The van der Waals surface area contributed by atoms with Gasteiger partial charge in [0.1, 0.15) is 0 Å². The molecule has 1 aromatic heterocycles. The van der Waals surface area contributed by atoms with Crippen LogP contribution in [-0.2, 0) is 17.4 Å². The Kier molecular flexibility index (Phi) is 4.93. The number of fused-ring (bicyclic) bond motifs is 1. The Balaban J connectivity index is 1.97. The third-order valence-electron chi connectivity index (χ3n) is 5.85. The first-order chi connectivity index (χ1) is 14.6. The molecule has 1 N–H and O–H groups in total. The maximum atomic E-state index is 14.3. The molecule has 8 heteroatoms. The third kappa shape index (κ3) is 3.22. The van der Waals surface area contributed by atoms with E-state index in [1.807, 2.05) is 0 Å². The van der Waals surface area contributed by atoms with Gasteiger partial charge in [0, 0.05) is 48.6 Å². The molecule has 1 aliphatic carbocycles. The van der Waals surface area contributed by atoms with Crippen molar-refractivity contribution in [1.29, 1.82) is 0 Å². The first-order valence-electron chi connectivity index (χ1n) is 9.85. The van der Waals surface area contributed by atoms with E-state index < -0.39 is 17.4 Å². The number of likely N-dealkylation sites (tertiary alicyclic amines) is 1. The summed E-state index contributed by atoms with van der Waals surface area (Å²) in [7, 11) is 1.69. The molecule has 2 aliphatic rings. The summed E-state index contributed by atoms with van der Waals surface area (Å²) in [6.07, 6.45) is 0.157. The van der Waals surface area contributed by atoms with Crippen molar-refractivity contribution < 1.29 is 23.1 Å². The lowest BCUT2D eigenvalue weighted by Gasteiger charge is -2.32. The van der Waals surface area contributed by atoms with Crippen molar-refractivity contribution in [2.75, 3.05) is 13.1 Å². The van der Waals surface area contributed by atoms with E-state index in [1.54, 1.807) is 24.2 Å². The van der Waals surface area contributed by atoms with Crippen LogP contribution >= 0.6 is 0 Å². The Labute approximate surface area is 177 Å². The van der Waals surface area contributed by atoms with Crippen LogP contribution in [0.15, 0.2) is 60.5 Å². The number of aryl methyl sites for hydroxylation is 1. The molecule has 1 amide bonds. The largest absolute Gasteiger partial charge is 0.425 e. The molecular formula is C23H22F3N3O2. The standard InChI is InChI=1S/C23H22F3N3O2/c1-14(21(30)29-9-6-10-29)11-19-20(15(2)16-12-27-28(3)13-16)17-7-4-5-8-18(17)22(19,31)23(24,25)26/h4-5,7-8,11-13,31H,2,6,9-10H2,1,3H3/b14-11+. The molecule has 1 aromatic carbocycles. The number of carbonyl (C=O) groups excluding carboxylic acids is 1. The van der Waals surface area contributed by atoms with Gasteiger partial charge in [0.15, 0.2) is 0 Å². The summed E-state index contributed by atoms with van der Waals surface area (Å²) in [5.41, 5.74) is -2.62. The van der Waals surface area contributed by atoms with Crippen LogP contribution in [0.3, 0.4) is 0 Å². The lowest BCUT2D eigenvalue weighted by atomic mass is 9.87. The Bertz CT molecular complexity index is 1140. The zero-order valence-corrected chi connectivity index (χ0v) is 17.2. The molecule has 2 aromatic rings. The fourth-order valence-corrected chi connectivity index (χ4v) is 4.06. The van der Waals surface area contributed by atoms with Gasteiger partial charge in [-0.15, -0.1) is 0 Å². The number of carbonyl (C=O) groups is 1. The highest BCUT2D eigenvalue weighted by atomic mass is 19.4. The molecule has 1 aliphatic heterocycles. The second-order valence-corrected chi connectivity index (χ2v) is 7.90. The fraction of sp³-hybridized carbons (Fsp3) is 0.304. The van der Waals surface area contributed by atoms with Gasteiger partial charge in [-0.2, -0.15) is 18.3 Å². The van der Waals surface area contributed by atoms with Crippen molar-refractivity contribution in [3.05, 3.63) is 77.2 Å². The minimum absolute atomic E-state index is 0.127. The Hall–Kier alpha value is -3.13. The molecule has 0 bridgehead atoms. The number of aliphatic hydroxyl groups is 1. The fourth-order valence-electron chi connectivity index (χ4n) is 4.06. The minimum atomic E-state index is -5.01. The van der Waals surface area contributed by atoms with Crippen molar-refractivity contribution in [1.82, 2.24) is 14.7 Å². The van der Waals surface area contributed by atoms with Gasteiger partial charge in [0.05, 0.1) is 6.20 Å². The van der Waals surface area contributed by atoms with Crippen molar-refractivity contribution in [3.63, 3.8) is 0 Å². The minimum Gasteiger partial charge on any atom is -0.372 e. The van der Waals surface area contributed by atoms with Gasteiger partial charge >= 0.3 is 6.18 Å². The van der Waals surface area contributed by atoms with Crippen molar-refractivity contribution in [2.24, 2.45) is 7.05 Å². The number of alkyl halides is 3. The summed E-state index contributed by atoms with van der Waals surface area (Å²) in [6, 6.07) is 5.84. The van der Waals surface area contributed by atoms with E-state index in [1.165, 1.54) is 36.0 Å². The number of rotatable bonds is 4. The first kappa shape index (κ1) is 21.1. The van der Waals surface area contributed by atoms with Crippen LogP contribution < -0.4 is 0 Å². The SMILES string of the molecule is C=C(C1=C(/C=C(\C)C(=O)N2CCC2)C(O)(C(F)(F)F)c2ccccc21)c1cnn(C)c1. The molecule has 1 atom stereocenters. The zero-order valence-electron chi connectivity index (χ0n) is 17.2. The molecule has 162 valence electrons. The second-order valence-electron chi connectivity index (χ2n) is 7.90. The van der Waals surface area contributed by atoms with E-state index in [-0.39, 0.29) is 33.8 Å². The Morgan fingerprint density at radius 1 is 1.29 bits per heavy atom. The normalized spacial score (nSPS) is 21.2. The lowest BCUT2D eigenvalue weighted by Crippen LogP contribution is -2.44. The van der Waals surface area contributed by atoms with Crippen molar-refractivity contribution in [3.8, 4) is 0 Å². The third-order valence-corrected chi connectivity index (χ3v) is 5.85. The van der Waals surface area contributed by atoms with Gasteiger partial charge in [-0.3, -0.25) is 9.48 Å². The average molecular weight is 429 g/mol. The zero-order chi connectivity index (χ0) is 22.6. The van der Waals surface area contributed by atoms with Crippen molar-refractivity contribution in [2.45, 2.75) is 25.1 Å². The molecule has 0 radical (unpaired) electrons. The van der Waals surface area contributed by atoms with Crippen LogP contribution in [0, 0.1) is 0 Å². The number of allylic oxidation sites excluding steroid dienone is 2. The van der Waals surface area contributed by atoms with Gasteiger partial charge in [-0.05, 0) is 36.1 Å². The number of hydrogen-bond acceptors (Lipinski definition) is 3. The molecule has 2 heterocycles. The summed E-state index contributed by atoms with van der Waals surface area (Å²) in [5, 5.41) is 15.2. The molecule has 31 heavy (non-hydrogen) atoms. The average Bonchev–Trinajstić information content (AvgIpc) is 3.20. The summed E-state index contributed by atoms with van der Waals surface area (Å²) >= 11 is 0. The quantitative estimate of drug-likeness (QED) is 0.752. The van der Waals surface area contributed by atoms with Crippen molar-refractivity contribution >= 4 is 17.1 Å². The van der Waals surface area contributed by atoms with Crippen LogP contribution in [0.5, 0.6) is 0 Å². The predicted molar refractivity (Wildman–Crippen MR) is 111 cm³/mol. The van der Waals surface area contributed by atoms with E-state index in [0.717, 1.165) is 12.5 Å². The number of aromatic nitrogens is 2. The van der Waals surface area contributed by atoms with Gasteiger partial charge in [-0.25, -0.2) is 0 Å². The summed E-state index contributed by atoms with van der Waals surface area (Å²) in [6.45, 7) is 6.63. The van der Waals surface area contributed by atoms with Gasteiger partial charge in [-0.1, -0.05) is 30.8 Å². The number of nitrogens with zero attached hydrogens (tertiary/aromatic N) is 3.